The molecule has 0 fully saturated rings. The van der Waals surface area contributed by atoms with E-state index in [1.54, 1.807) is 12.1 Å². The Morgan fingerprint density at radius 2 is 1.64 bits per heavy atom. The zero-order chi connectivity index (χ0) is 18.1. The fraction of sp³-hybridized carbons (Fsp3) is 0.333. The minimum absolute atomic E-state index is 0.0469. The molecule has 0 unspecified atom stereocenters. The Hall–Kier alpha value is -1.35. The van der Waals surface area contributed by atoms with Gasteiger partial charge in [-0.2, -0.15) is 0 Å². The second-order valence-electron chi connectivity index (χ2n) is 6.17. The van der Waals surface area contributed by atoms with Gasteiger partial charge in [0.25, 0.3) is 0 Å². The molecule has 0 spiro atoms. The Balaban J connectivity index is 2.22. The zero-order valence-electron chi connectivity index (χ0n) is 14.9. The molecule has 0 radical (unpaired) electrons. The van der Waals surface area contributed by atoms with Crippen LogP contribution in [0.3, 0.4) is 0 Å². The van der Waals surface area contributed by atoms with Crippen LogP contribution in [0.4, 0.5) is 0 Å². The molecule has 0 N–H and O–H groups in total. The number of allylic oxidation sites excluding steroid dienone is 1. The molecule has 2 rings (SSSR count). The summed E-state index contributed by atoms with van der Waals surface area (Å²) in [4.78, 5) is 0.382. The van der Waals surface area contributed by atoms with Gasteiger partial charge < -0.3 is 0 Å². The standard InChI is InChI=1S/C21H26O2SSe/c1-3-4-5-7-12-21(25-20-10-8-6-9-11-20)17-24(22,23)19-15-13-18(2)14-16-19/h6,8-11,13-17H,3-5,7,12H2,1-2H3/b21-17+. The van der Waals surface area contributed by atoms with Gasteiger partial charge in [-0.3, -0.25) is 0 Å². The summed E-state index contributed by atoms with van der Waals surface area (Å²) in [5.41, 5.74) is 1.07. The third-order valence-electron chi connectivity index (χ3n) is 3.90. The van der Waals surface area contributed by atoms with Crippen LogP contribution in [0.1, 0.15) is 44.6 Å². The van der Waals surface area contributed by atoms with Crippen LogP contribution in [0, 0.1) is 6.92 Å². The molecule has 0 aliphatic heterocycles. The Morgan fingerprint density at radius 1 is 0.960 bits per heavy atom. The molecule has 0 heterocycles. The number of benzene rings is 2. The van der Waals surface area contributed by atoms with Crippen LogP contribution >= 0.6 is 0 Å². The maximum absolute atomic E-state index is 12.8. The third-order valence-corrected chi connectivity index (χ3v) is 8.06. The molecule has 0 aliphatic carbocycles. The fourth-order valence-electron chi connectivity index (χ4n) is 2.47. The van der Waals surface area contributed by atoms with E-state index in [9.17, 15) is 8.42 Å². The second kappa shape index (κ2) is 9.96. The van der Waals surface area contributed by atoms with Crippen LogP contribution < -0.4 is 4.46 Å². The Labute approximate surface area is 158 Å². The van der Waals surface area contributed by atoms with Gasteiger partial charge in [-0.15, -0.1) is 0 Å². The molecule has 0 saturated heterocycles. The molecule has 2 aromatic rings. The molecular weight excluding hydrogens is 395 g/mol. The molecular formula is C21H26O2SSe. The van der Waals surface area contributed by atoms with Crippen molar-refractivity contribution in [3.63, 3.8) is 0 Å². The van der Waals surface area contributed by atoms with Gasteiger partial charge in [0.1, 0.15) is 0 Å². The summed E-state index contributed by atoms with van der Waals surface area (Å²) < 4.78 is 27.8. The average molecular weight is 421 g/mol. The fourth-order valence-corrected chi connectivity index (χ4v) is 6.50. The van der Waals surface area contributed by atoms with Gasteiger partial charge in [0, 0.05) is 0 Å². The van der Waals surface area contributed by atoms with Crippen molar-refractivity contribution in [2.24, 2.45) is 0 Å². The van der Waals surface area contributed by atoms with E-state index in [1.165, 1.54) is 22.7 Å². The summed E-state index contributed by atoms with van der Waals surface area (Å²) in [5.74, 6) is 0. The van der Waals surface area contributed by atoms with Crippen LogP contribution in [0.25, 0.3) is 0 Å². The molecule has 0 saturated carbocycles. The summed E-state index contributed by atoms with van der Waals surface area (Å²) in [6.45, 7) is 4.15. The first-order valence-corrected chi connectivity index (χ1v) is 12.0. The molecule has 25 heavy (non-hydrogen) atoms. The molecule has 4 heteroatoms. The average Bonchev–Trinajstić information content (AvgIpc) is 2.59. The molecule has 0 aliphatic rings. The molecule has 0 amide bonds. The van der Waals surface area contributed by atoms with Crippen LogP contribution in [0.2, 0.25) is 0 Å². The van der Waals surface area contributed by atoms with Crippen LogP contribution in [-0.2, 0) is 9.84 Å². The van der Waals surface area contributed by atoms with Gasteiger partial charge in [-0.1, -0.05) is 0 Å². The molecule has 134 valence electrons. The van der Waals surface area contributed by atoms with Crippen molar-refractivity contribution < 1.29 is 8.42 Å². The van der Waals surface area contributed by atoms with E-state index in [0.717, 1.165) is 29.3 Å². The van der Waals surface area contributed by atoms with Gasteiger partial charge in [-0.05, 0) is 0 Å². The van der Waals surface area contributed by atoms with Gasteiger partial charge in [0.15, 0.2) is 0 Å². The van der Waals surface area contributed by atoms with Gasteiger partial charge in [0.2, 0.25) is 0 Å². The van der Waals surface area contributed by atoms with Crippen LogP contribution in [0.5, 0.6) is 0 Å². The monoisotopic (exact) mass is 422 g/mol. The summed E-state index contributed by atoms with van der Waals surface area (Å²) in [7, 11) is -3.39. The van der Waals surface area contributed by atoms with Crippen molar-refractivity contribution in [3.05, 3.63) is 70.0 Å². The first-order valence-electron chi connectivity index (χ1n) is 8.76. The zero-order valence-corrected chi connectivity index (χ0v) is 17.5. The predicted octanol–water partition coefficient (Wildman–Crippen LogP) is 4.61. The number of unbranched alkanes of at least 4 members (excludes halogenated alkanes) is 3. The normalized spacial score (nSPS) is 12.3. The Kier molecular flexibility index (Phi) is 7.95. The van der Waals surface area contributed by atoms with Crippen molar-refractivity contribution >= 4 is 29.3 Å². The summed E-state index contributed by atoms with van der Waals surface area (Å²) in [6.07, 6.45) is 5.46. The number of hydrogen-bond donors (Lipinski definition) is 0. The summed E-state index contributed by atoms with van der Waals surface area (Å²) in [5, 5.41) is 1.52. The Morgan fingerprint density at radius 3 is 2.28 bits per heavy atom. The van der Waals surface area contributed by atoms with Crippen molar-refractivity contribution in [1.82, 2.24) is 0 Å². The quantitative estimate of drug-likeness (QED) is 0.438. The van der Waals surface area contributed by atoms with Crippen molar-refractivity contribution in [1.29, 1.82) is 0 Å². The molecule has 2 nitrogen and oxygen atoms in total. The van der Waals surface area contributed by atoms with E-state index < -0.39 is 9.84 Å². The van der Waals surface area contributed by atoms with E-state index in [-0.39, 0.29) is 15.0 Å². The van der Waals surface area contributed by atoms with E-state index in [2.05, 4.69) is 19.1 Å². The topological polar surface area (TPSA) is 34.1 Å². The first-order chi connectivity index (χ1) is 12.0. The molecule has 0 atom stereocenters. The predicted molar refractivity (Wildman–Crippen MR) is 107 cm³/mol. The molecule has 0 bridgehead atoms. The summed E-state index contributed by atoms with van der Waals surface area (Å²) in [6, 6.07) is 17.3. The number of sulfone groups is 1. The van der Waals surface area contributed by atoms with Crippen molar-refractivity contribution in [2.45, 2.75) is 50.8 Å². The molecule has 2 aromatic carbocycles. The number of aryl methyl sites for hydroxylation is 1. The Bertz CT molecular complexity index is 778. The minimum atomic E-state index is -3.39. The maximum atomic E-state index is 12.8. The van der Waals surface area contributed by atoms with Crippen LogP contribution in [-0.4, -0.2) is 23.4 Å². The molecule has 0 aromatic heterocycles. The van der Waals surface area contributed by atoms with Gasteiger partial charge in [-0.25, -0.2) is 0 Å². The number of hydrogen-bond acceptors (Lipinski definition) is 2. The van der Waals surface area contributed by atoms with Crippen molar-refractivity contribution in [2.75, 3.05) is 0 Å². The second-order valence-corrected chi connectivity index (χ2v) is 10.5. The van der Waals surface area contributed by atoms with Crippen molar-refractivity contribution in [3.8, 4) is 0 Å². The van der Waals surface area contributed by atoms with E-state index in [0.29, 0.717) is 4.90 Å². The van der Waals surface area contributed by atoms with Gasteiger partial charge >= 0.3 is 159 Å². The van der Waals surface area contributed by atoms with Crippen LogP contribution in [0.15, 0.2) is 69.4 Å². The van der Waals surface area contributed by atoms with E-state index >= 15 is 0 Å². The van der Waals surface area contributed by atoms with E-state index in [4.69, 9.17) is 0 Å². The first kappa shape index (κ1) is 20.0. The number of rotatable bonds is 9. The van der Waals surface area contributed by atoms with Gasteiger partial charge in [0.05, 0.1) is 0 Å². The van der Waals surface area contributed by atoms with E-state index in [1.807, 2.05) is 37.3 Å². The SMILES string of the molecule is CCCCCC/C(=C\S(=O)(=O)c1ccc(C)cc1)[Se]c1ccccc1. The summed E-state index contributed by atoms with van der Waals surface area (Å²) >= 11 is 0.0469. The third kappa shape index (κ3) is 6.81.